The van der Waals surface area contributed by atoms with Crippen LogP contribution in [0.5, 0.6) is 0 Å². The van der Waals surface area contributed by atoms with E-state index in [1.807, 2.05) is 21.7 Å². The van der Waals surface area contributed by atoms with E-state index >= 15 is 0 Å². The molecule has 3 aromatic rings. The number of hydrogen-bond donors (Lipinski definition) is 1. The third-order valence-electron chi connectivity index (χ3n) is 6.16. The topological polar surface area (TPSA) is 119 Å². The minimum Gasteiger partial charge on any atom is -0.370 e. The second-order valence-corrected chi connectivity index (χ2v) is 8.38. The number of nitrogens with zero attached hydrogens (tertiary/aromatic N) is 6. The summed E-state index contributed by atoms with van der Waals surface area (Å²) in [4.78, 5) is 40.0. The van der Waals surface area contributed by atoms with Crippen molar-refractivity contribution in [3.8, 4) is 0 Å². The number of carbonyl (C=O) groups excluding carboxylic acids is 2. The molecule has 0 bridgehead atoms. The lowest BCUT2D eigenvalue weighted by Crippen LogP contribution is -2.47. The van der Waals surface area contributed by atoms with Crippen molar-refractivity contribution < 1.29 is 23.1 Å². The maximum atomic E-state index is 12.7. The molecule has 1 aliphatic heterocycles. The summed E-state index contributed by atoms with van der Waals surface area (Å²) in [7, 11) is 1.76. The largest absolute Gasteiger partial charge is 0.370 e. The summed E-state index contributed by atoms with van der Waals surface area (Å²) >= 11 is 0. The van der Waals surface area contributed by atoms with E-state index in [1.54, 1.807) is 24.1 Å². The van der Waals surface area contributed by atoms with Crippen LogP contribution in [0, 0.1) is 0 Å². The lowest BCUT2D eigenvalue weighted by molar-refractivity contribution is -0.137. The molecule has 2 amide bonds. The number of hydrogen-bond acceptors (Lipinski definition) is 7. The summed E-state index contributed by atoms with van der Waals surface area (Å²) in [6.07, 6.45) is 2.98. The van der Waals surface area contributed by atoms with E-state index in [2.05, 4.69) is 15.0 Å². The summed E-state index contributed by atoms with van der Waals surface area (Å²) < 4.78 is 32.8. The summed E-state index contributed by atoms with van der Waals surface area (Å²) in [5.74, 6) is -0.292. The lowest BCUT2D eigenvalue weighted by Gasteiger charge is -2.36. The van der Waals surface area contributed by atoms with E-state index in [1.165, 1.54) is 0 Å². The quantitative estimate of drug-likeness (QED) is 0.459. The number of amides is 2. The van der Waals surface area contributed by atoms with Crippen molar-refractivity contribution in [1.29, 1.82) is 0 Å². The third-order valence-corrected chi connectivity index (χ3v) is 6.16. The van der Waals surface area contributed by atoms with Gasteiger partial charge >= 0.3 is 0 Å². The molecule has 35 heavy (non-hydrogen) atoms. The second kappa shape index (κ2) is 10.7. The number of pyridine rings is 1. The van der Waals surface area contributed by atoms with Crippen LogP contribution in [0.25, 0.3) is 11.0 Å². The van der Waals surface area contributed by atoms with Crippen LogP contribution in [0.3, 0.4) is 0 Å². The molecular formula is C23H27F2N7O3. The Hall–Kier alpha value is -3.67. The average molecular weight is 488 g/mol. The van der Waals surface area contributed by atoms with Gasteiger partial charge in [-0.1, -0.05) is 0 Å². The minimum absolute atomic E-state index is 0.0475. The maximum Gasteiger partial charge on any atom is 0.267 e. The highest BCUT2D eigenvalue weighted by Gasteiger charge is 2.26. The molecule has 1 aliphatic rings. The van der Waals surface area contributed by atoms with Crippen molar-refractivity contribution in [1.82, 2.24) is 24.4 Å². The summed E-state index contributed by atoms with van der Waals surface area (Å²) in [6.45, 7) is 1.97. The zero-order valence-electron chi connectivity index (χ0n) is 19.3. The van der Waals surface area contributed by atoms with E-state index in [0.717, 1.165) is 17.8 Å². The van der Waals surface area contributed by atoms with Crippen molar-refractivity contribution in [2.75, 3.05) is 38.3 Å². The Balaban J connectivity index is 1.22. The number of carbonyl (C=O) groups is 2. The highest BCUT2D eigenvalue weighted by atomic mass is 19.3. The molecule has 0 unspecified atom stereocenters. The van der Waals surface area contributed by atoms with E-state index in [9.17, 15) is 18.4 Å². The van der Waals surface area contributed by atoms with E-state index in [-0.39, 0.29) is 29.8 Å². The molecule has 4 rings (SSSR count). The molecule has 0 aromatic carbocycles. The second-order valence-electron chi connectivity index (χ2n) is 8.38. The van der Waals surface area contributed by atoms with Crippen molar-refractivity contribution >= 4 is 28.8 Å². The number of alkyl halides is 2. The van der Waals surface area contributed by atoms with Gasteiger partial charge in [-0.05, 0) is 31.0 Å². The molecule has 1 saturated heterocycles. The molecule has 0 saturated carbocycles. The van der Waals surface area contributed by atoms with Crippen LogP contribution in [0.2, 0.25) is 0 Å². The first kappa shape index (κ1) is 24.5. The fraction of sp³-hybridized carbons (Fsp3) is 0.435. The molecule has 2 N–H and O–H groups in total. The number of rotatable bonds is 9. The number of primary amides is 1. The van der Waals surface area contributed by atoms with Crippen LogP contribution in [-0.4, -0.2) is 75.6 Å². The SMILES string of the molecule is CN(C(=O)COCCn1ccc2ccc(C(N)=O)nc21)C1CCN(c2ncc(C(F)F)cn2)CC1. The standard InChI is InChI=1S/C23H27F2N7O3/c1-30(17-5-8-32(9-6-17)23-27-12-16(13-28-23)20(24)25)19(33)14-35-11-10-31-7-4-15-2-3-18(21(26)34)29-22(15)31/h2-4,7,12-13,17,20H,5-6,8-11,14H2,1H3,(H2,26,34). The van der Waals surface area contributed by atoms with Crippen LogP contribution >= 0.6 is 0 Å². The molecule has 0 atom stereocenters. The first-order chi connectivity index (χ1) is 16.8. The maximum absolute atomic E-state index is 12.7. The molecule has 10 nitrogen and oxygen atoms in total. The number of halogens is 2. The predicted octanol–water partition coefficient (Wildman–Crippen LogP) is 2.01. The molecule has 1 fully saturated rings. The van der Waals surface area contributed by atoms with Gasteiger partial charge in [0, 0.05) is 56.7 Å². The number of nitrogens with two attached hydrogens (primary N) is 1. The first-order valence-electron chi connectivity index (χ1n) is 11.3. The molecule has 4 heterocycles. The normalized spacial score (nSPS) is 14.6. The van der Waals surface area contributed by atoms with E-state index < -0.39 is 12.3 Å². The molecule has 186 valence electrons. The highest BCUT2D eigenvalue weighted by Crippen LogP contribution is 2.22. The van der Waals surface area contributed by atoms with Crippen molar-refractivity contribution in [3.63, 3.8) is 0 Å². The van der Waals surface area contributed by atoms with Gasteiger partial charge in [-0.25, -0.2) is 23.7 Å². The van der Waals surface area contributed by atoms with E-state index in [4.69, 9.17) is 10.5 Å². The highest BCUT2D eigenvalue weighted by molar-refractivity contribution is 5.93. The van der Waals surface area contributed by atoms with Gasteiger partial charge in [-0.2, -0.15) is 0 Å². The van der Waals surface area contributed by atoms with Gasteiger partial charge < -0.3 is 24.8 Å². The van der Waals surface area contributed by atoms with Gasteiger partial charge in [0.05, 0.1) is 12.2 Å². The molecule has 3 aromatic heterocycles. The molecule has 12 heteroatoms. The number of likely N-dealkylation sites (N-methyl/N-ethyl adjacent to an activating group) is 1. The first-order valence-corrected chi connectivity index (χ1v) is 11.3. The van der Waals surface area contributed by atoms with Crippen molar-refractivity contribution in [2.24, 2.45) is 5.73 Å². The smallest absolute Gasteiger partial charge is 0.267 e. The molecular weight excluding hydrogens is 460 g/mol. The number of ether oxygens (including phenoxy) is 1. The zero-order chi connectivity index (χ0) is 24.9. The zero-order valence-corrected chi connectivity index (χ0v) is 19.3. The van der Waals surface area contributed by atoms with Gasteiger partial charge in [-0.3, -0.25) is 9.59 Å². The Labute approximate surface area is 200 Å². The summed E-state index contributed by atoms with van der Waals surface area (Å²) in [5.41, 5.74) is 5.93. The molecule has 0 radical (unpaired) electrons. The van der Waals surface area contributed by atoms with Gasteiger partial charge in [0.2, 0.25) is 11.9 Å². The van der Waals surface area contributed by atoms with Crippen LogP contribution < -0.4 is 10.6 Å². The molecule has 0 aliphatic carbocycles. The Morgan fingerprint density at radius 3 is 2.57 bits per heavy atom. The Kier molecular flexibility index (Phi) is 7.49. The van der Waals surface area contributed by atoms with Crippen LogP contribution in [-0.2, 0) is 16.1 Å². The number of fused-ring (bicyclic) bond motifs is 1. The van der Waals surface area contributed by atoms with Gasteiger partial charge in [0.1, 0.15) is 17.9 Å². The third kappa shape index (κ3) is 5.70. The number of aromatic nitrogens is 4. The van der Waals surface area contributed by atoms with Crippen molar-refractivity contribution in [2.45, 2.75) is 31.9 Å². The minimum atomic E-state index is -2.59. The fourth-order valence-corrected chi connectivity index (χ4v) is 4.07. The average Bonchev–Trinajstić information content (AvgIpc) is 3.28. The van der Waals surface area contributed by atoms with Crippen LogP contribution in [0.1, 0.15) is 35.3 Å². The van der Waals surface area contributed by atoms with E-state index in [0.29, 0.717) is 50.7 Å². The lowest BCUT2D eigenvalue weighted by atomic mass is 10.0. The van der Waals surface area contributed by atoms with Crippen molar-refractivity contribution in [3.05, 3.63) is 48.0 Å². The van der Waals surface area contributed by atoms with Gasteiger partial charge in [0.15, 0.2) is 0 Å². The Bertz CT molecular complexity index is 1180. The van der Waals surface area contributed by atoms with Gasteiger partial charge in [0.25, 0.3) is 12.3 Å². The summed E-state index contributed by atoms with van der Waals surface area (Å²) in [6, 6.07) is 5.30. The number of piperidine rings is 1. The van der Waals surface area contributed by atoms with Crippen LogP contribution in [0.4, 0.5) is 14.7 Å². The predicted molar refractivity (Wildman–Crippen MR) is 124 cm³/mol. The summed E-state index contributed by atoms with van der Waals surface area (Å²) in [5, 5.41) is 0.882. The Morgan fingerprint density at radius 2 is 1.91 bits per heavy atom. The molecule has 0 spiro atoms. The number of anilines is 1. The fourth-order valence-electron chi connectivity index (χ4n) is 4.07. The van der Waals surface area contributed by atoms with Gasteiger partial charge in [-0.15, -0.1) is 0 Å². The monoisotopic (exact) mass is 487 g/mol. The Morgan fingerprint density at radius 1 is 1.20 bits per heavy atom. The van der Waals surface area contributed by atoms with Crippen LogP contribution in [0.15, 0.2) is 36.8 Å².